The largest absolute Gasteiger partial charge is 0.392 e. The Morgan fingerprint density at radius 3 is 2.58 bits per heavy atom. The summed E-state index contributed by atoms with van der Waals surface area (Å²) in [6.45, 7) is 4.92. The molecular weight excluding hydrogens is 150 g/mol. The highest BCUT2D eigenvalue weighted by atomic mass is 16.3. The van der Waals surface area contributed by atoms with E-state index in [0.717, 1.165) is 12.5 Å². The second kappa shape index (κ2) is 4.83. The summed E-state index contributed by atoms with van der Waals surface area (Å²) < 4.78 is 0. The predicted octanol–water partition coefficient (Wildman–Crippen LogP) is 1.54. The highest BCUT2D eigenvalue weighted by molar-refractivity contribution is 4.73. The minimum Gasteiger partial charge on any atom is -0.392 e. The second-order valence-electron chi connectivity index (χ2n) is 4.07. The van der Waals surface area contributed by atoms with E-state index in [0.29, 0.717) is 0 Å². The van der Waals surface area contributed by atoms with Gasteiger partial charge in [-0.3, -0.25) is 0 Å². The highest BCUT2D eigenvalue weighted by Gasteiger charge is 2.20. The molecule has 1 aliphatic carbocycles. The molecule has 72 valence electrons. The van der Waals surface area contributed by atoms with Crippen molar-refractivity contribution in [3.05, 3.63) is 0 Å². The topological polar surface area (TPSA) is 32.3 Å². The first-order valence-electron chi connectivity index (χ1n) is 5.11. The molecule has 1 rings (SSSR count). The van der Waals surface area contributed by atoms with E-state index < -0.39 is 0 Å². The van der Waals surface area contributed by atoms with Crippen LogP contribution < -0.4 is 5.32 Å². The Bertz CT molecular complexity index is 121. The van der Waals surface area contributed by atoms with Crippen molar-refractivity contribution in [3.63, 3.8) is 0 Å². The molecule has 0 spiro atoms. The summed E-state index contributed by atoms with van der Waals surface area (Å²) in [7, 11) is 0. The van der Waals surface area contributed by atoms with Gasteiger partial charge in [0.1, 0.15) is 0 Å². The van der Waals surface area contributed by atoms with Gasteiger partial charge in [0.15, 0.2) is 0 Å². The van der Waals surface area contributed by atoms with E-state index in [4.69, 9.17) is 0 Å². The fourth-order valence-electron chi connectivity index (χ4n) is 1.30. The van der Waals surface area contributed by atoms with Crippen molar-refractivity contribution in [2.24, 2.45) is 5.92 Å². The zero-order chi connectivity index (χ0) is 8.97. The van der Waals surface area contributed by atoms with Gasteiger partial charge in [-0.05, 0) is 39.2 Å². The van der Waals surface area contributed by atoms with E-state index >= 15 is 0 Å². The van der Waals surface area contributed by atoms with Gasteiger partial charge in [0, 0.05) is 6.04 Å². The SMILES string of the molecule is CC(O)C(C)NCCCC1CC1. The van der Waals surface area contributed by atoms with Crippen molar-refractivity contribution in [2.45, 2.75) is 51.7 Å². The molecule has 0 saturated heterocycles. The number of nitrogens with one attached hydrogen (secondary N) is 1. The molecule has 2 atom stereocenters. The molecule has 2 heteroatoms. The summed E-state index contributed by atoms with van der Waals surface area (Å²) in [4.78, 5) is 0. The van der Waals surface area contributed by atoms with Crippen LogP contribution in [0.2, 0.25) is 0 Å². The molecule has 12 heavy (non-hydrogen) atoms. The molecule has 1 aliphatic rings. The fraction of sp³-hybridized carbons (Fsp3) is 1.00. The van der Waals surface area contributed by atoms with E-state index in [-0.39, 0.29) is 12.1 Å². The van der Waals surface area contributed by atoms with Gasteiger partial charge in [0.25, 0.3) is 0 Å². The third-order valence-corrected chi connectivity index (χ3v) is 2.68. The molecule has 0 radical (unpaired) electrons. The van der Waals surface area contributed by atoms with Gasteiger partial charge in [-0.2, -0.15) is 0 Å². The van der Waals surface area contributed by atoms with Crippen LogP contribution in [0.1, 0.15) is 39.5 Å². The monoisotopic (exact) mass is 171 g/mol. The second-order valence-corrected chi connectivity index (χ2v) is 4.07. The van der Waals surface area contributed by atoms with Crippen molar-refractivity contribution >= 4 is 0 Å². The molecule has 1 saturated carbocycles. The van der Waals surface area contributed by atoms with E-state index in [1.54, 1.807) is 0 Å². The lowest BCUT2D eigenvalue weighted by molar-refractivity contribution is 0.152. The first kappa shape index (κ1) is 10.0. The number of aliphatic hydroxyl groups is 1. The number of aliphatic hydroxyl groups excluding tert-OH is 1. The molecule has 0 aromatic carbocycles. The lowest BCUT2D eigenvalue weighted by Crippen LogP contribution is -2.35. The smallest absolute Gasteiger partial charge is 0.0662 e. The Labute approximate surface area is 75.4 Å². The molecule has 0 heterocycles. The van der Waals surface area contributed by atoms with Crippen LogP contribution in [-0.2, 0) is 0 Å². The average molecular weight is 171 g/mol. The minimum absolute atomic E-state index is 0.231. The number of rotatable bonds is 6. The maximum absolute atomic E-state index is 9.18. The number of hydrogen-bond acceptors (Lipinski definition) is 2. The van der Waals surface area contributed by atoms with Crippen LogP contribution in [0.25, 0.3) is 0 Å². The van der Waals surface area contributed by atoms with E-state index in [1.807, 2.05) is 13.8 Å². The quantitative estimate of drug-likeness (QED) is 0.594. The molecule has 0 aliphatic heterocycles. The van der Waals surface area contributed by atoms with Crippen LogP contribution in [0.3, 0.4) is 0 Å². The molecule has 0 aromatic heterocycles. The van der Waals surface area contributed by atoms with Crippen molar-refractivity contribution in [2.75, 3.05) is 6.54 Å². The summed E-state index contributed by atoms with van der Waals surface area (Å²) in [6.07, 6.45) is 5.31. The van der Waals surface area contributed by atoms with Gasteiger partial charge < -0.3 is 10.4 Å². The van der Waals surface area contributed by atoms with Crippen molar-refractivity contribution < 1.29 is 5.11 Å². The van der Waals surface area contributed by atoms with Crippen molar-refractivity contribution in [1.29, 1.82) is 0 Å². The minimum atomic E-state index is -0.231. The van der Waals surface area contributed by atoms with E-state index in [1.165, 1.54) is 25.7 Å². The Hall–Kier alpha value is -0.0800. The van der Waals surface area contributed by atoms with Gasteiger partial charge in [-0.1, -0.05) is 12.8 Å². The molecule has 2 N–H and O–H groups in total. The summed E-state index contributed by atoms with van der Waals surface area (Å²) >= 11 is 0. The fourth-order valence-corrected chi connectivity index (χ4v) is 1.30. The Kier molecular flexibility index (Phi) is 4.02. The lowest BCUT2D eigenvalue weighted by atomic mass is 10.2. The molecule has 0 bridgehead atoms. The third kappa shape index (κ3) is 4.07. The number of hydrogen-bond donors (Lipinski definition) is 2. The van der Waals surface area contributed by atoms with Gasteiger partial charge >= 0.3 is 0 Å². The zero-order valence-corrected chi connectivity index (χ0v) is 8.21. The van der Waals surface area contributed by atoms with Crippen LogP contribution in [-0.4, -0.2) is 23.8 Å². The molecule has 2 nitrogen and oxygen atoms in total. The predicted molar refractivity (Wildman–Crippen MR) is 51.1 cm³/mol. The first-order valence-corrected chi connectivity index (χ1v) is 5.11. The Balaban J connectivity index is 1.86. The zero-order valence-electron chi connectivity index (χ0n) is 8.21. The van der Waals surface area contributed by atoms with Crippen LogP contribution in [0, 0.1) is 5.92 Å². The standard InChI is InChI=1S/C10H21NO/c1-8(9(2)12)11-7-3-4-10-5-6-10/h8-12H,3-7H2,1-2H3. The summed E-state index contributed by atoms with van der Waals surface area (Å²) in [5.41, 5.74) is 0. The maximum Gasteiger partial charge on any atom is 0.0662 e. The van der Waals surface area contributed by atoms with E-state index in [2.05, 4.69) is 5.32 Å². The first-order chi connectivity index (χ1) is 5.70. The third-order valence-electron chi connectivity index (χ3n) is 2.68. The Morgan fingerprint density at radius 2 is 2.08 bits per heavy atom. The van der Waals surface area contributed by atoms with Gasteiger partial charge in [0.05, 0.1) is 6.10 Å². The van der Waals surface area contributed by atoms with Gasteiger partial charge in [-0.15, -0.1) is 0 Å². The van der Waals surface area contributed by atoms with Crippen LogP contribution >= 0.6 is 0 Å². The molecule has 0 aromatic rings. The van der Waals surface area contributed by atoms with Crippen LogP contribution in [0.5, 0.6) is 0 Å². The molecule has 2 unspecified atom stereocenters. The normalized spacial score (nSPS) is 22.2. The highest BCUT2D eigenvalue weighted by Crippen LogP contribution is 2.33. The Morgan fingerprint density at radius 1 is 1.42 bits per heavy atom. The molecule has 0 amide bonds. The summed E-state index contributed by atoms with van der Waals surface area (Å²) in [5, 5.41) is 12.5. The van der Waals surface area contributed by atoms with Gasteiger partial charge in [-0.25, -0.2) is 0 Å². The van der Waals surface area contributed by atoms with Crippen molar-refractivity contribution in [1.82, 2.24) is 5.32 Å². The molecular formula is C10H21NO. The summed E-state index contributed by atoms with van der Waals surface area (Å²) in [6, 6.07) is 0.240. The average Bonchev–Trinajstić information content (AvgIpc) is 2.80. The van der Waals surface area contributed by atoms with Crippen LogP contribution in [0.4, 0.5) is 0 Å². The molecule has 1 fully saturated rings. The van der Waals surface area contributed by atoms with Crippen molar-refractivity contribution in [3.8, 4) is 0 Å². The lowest BCUT2D eigenvalue weighted by Gasteiger charge is -2.16. The van der Waals surface area contributed by atoms with Crippen LogP contribution in [0.15, 0.2) is 0 Å². The summed E-state index contributed by atoms with van der Waals surface area (Å²) in [5.74, 6) is 1.04. The van der Waals surface area contributed by atoms with Gasteiger partial charge in [0.2, 0.25) is 0 Å². The maximum atomic E-state index is 9.18. The van der Waals surface area contributed by atoms with E-state index in [9.17, 15) is 5.11 Å².